The van der Waals surface area contributed by atoms with Gasteiger partial charge in [-0.05, 0) is 32.4 Å². The van der Waals surface area contributed by atoms with Gasteiger partial charge in [0.1, 0.15) is 10.7 Å². The third-order valence-corrected chi connectivity index (χ3v) is 5.86. The fourth-order valence-electron chi connectivity index (χ4n) is 2.26. The number of halogens is 2. The Bertz CT molecular complexity index is 652. The Morgan fingerprint density at radius 3 is 2.76 bits per heavy atom. The van der Waals surface area contributed by atoms with Crippen LogP contribution in [0.1, 0.15) is 25.8 Å². The average Bonchev–Trinajstić information content (AvgIpc) is 2.70. The van der Waals surface area contributed by atoms with E-state index in [4.69, 9.17) is 9.84 Å². The van der Waals surface area contributed by atoms with E-state index in [0.29, 0.717) is 17.5 Å². The molecule has 1 aromatic rings. The van der Waals surface area contributed by atoms with Gasteiger partial charge in [-0.1, -0.05) is 15.9 Å². The summed E-state index contributed by atoms with van der Waals surface area (Å²) in [5, 5.41) is 9.11. The lowest BCUT2D eigenvalue weighted by Crippen LogP contribution is -2.50. The van der Waals surface area contributed by atoms with Crippen LogP contribution in [0.2, 0.25) is 0 Å². The first kappa shape index (κ1) is 16.8. The number of sulfonamides is 1. The monoisotopic (exact) mass is 381 g/mol. The van der Waals surface area contributed by atoms with Gasteiger partial charge in [0.25, 0.3) is 0 Å². The quantitative estimate of drug-likeness (QED) is 0.835. The standard InChI is InChI=1S/C13H17BrFNO4S/c1-8-13(2,3-4-20-8)16-21(18,19)11-6-10(14)5-9(7-17)12(11)15/h5-6,8,16-17H,3-4,7H2,1-2H3. The highest BCUT2D eigenvalue weighted by Crippen LogP contribution is 2.30. The summed E-state index contributed by atoms with van der Waals surface area (Å²) in [6.45, 7) is 3.37. The lowest BCUT2D eigenvalue weighted by molar-refractivity contribution is 0.0957. The zero-order valence-electron chi connectivity index (χ0n) is 11.7. The van der Waals surface area contributed by atoms with Crippen LogP contribution in [-0.4, -0.2) is 31.8 Å². The third kappa shape index (κ3) is 3.29. The summed E-state index contributed by atoms with van der Waals surface area (Å²) in [5.74, 6) is -0.941. The molecule has 1 fully saturated rings. The van der Waals surface area contributed by atoms with E-state index in [1.54, 1.807) is 13.8 Å². The molecule has 0 bridgehead atoms. The minimum absolute atomic E-state index is 0.0781. The van der Waals surface area contributed by atoms with Crippen molar-refractivity contribution in [2.24, 2.45) is 0 Å². The first-order valence-corrected chi connectivity index (χ1v) is 8.71. The van der Waals surface area contributed by atoms with Gasteiger partial charge in [-0.3, -0.25) is 0 Å². The van der Waals surface area contributed by atoms with Crippen molar-refractivity contribution in [2.75, 3.05) is 6.61 Å². The number of hydrogen-bond donors (Lipinski definition) is 2. The average molecular weight is 382 g/mol. The summed E-state index contributed by atoms with van der Waals surface area (Å²) in [4.78, 5) is -0.485. The molecule has 0 amide bonds. The lowest BCUT2D eigenvalue weighted by atomic mass is 9.97. The maximum Gasteiger partial charge on any atom is 0.244 e. The molecule has 0 spiro atoms. The van der Waals surface area contributed by atoms with Gasteiger partial charge in [-0.2, -0.15) is 0 Å². The predicted molar refractivity (Wildman–Crippen MR) is 78.8 cm³/mol. The van der Waals surface area contributed by atoms with Gasteiger partial charge in [-0.25, -0.2) is 17.5 Å². The third-order valence-electron chi connectivity index (χ3n) is 3.79. The smallest absolute Gasteiger partial charge is 0.244 e. The van der Waals surface area contributed by atoms with Crippen LogP contribution in [-0.2, 0) is 21.4 Å². The van der Waals surface area contributed by atoms with Crippen LogP contribution in [0.3, 0.4) is 0 Å². The Morgan fingerprint density at radius 2 is 2.24 bits per heavy atom. The van der Waals surface area contributed by atoms with E-state index in [-0.39, 0.29) is 11.7 Å². The topological polar surface area (TPSA) is 75.6 Å². The molecule has 21 heavy (non-hydrogen) atoms. The summed E-state index contributed by atoms with van der Waals surface area (Å²) in [6, 6.07) is 2.53. The van der Waals surface area contributed by atoms with Crippen molar-refractivity contribution < 1.29 is 22.7 Å². The molecule has 2 N–H and O–H groups in total. The summed E-state index contributed by atoms with van der Waals surface area (Å²) in [5.41, 5.74) is -0.863. The Hall–Kier alpha value is -0.540. The SMILES string of the molecule is CC1OCCC1(C)NS(=O)(=O)c1cc(Br)cc(CO)c1F. The molecule has 1 aromatic carbocycles. The van der Waals surface area contributed by atoms with E-state index in [1.807, 2.05) is 0 Å². The molecule has 0 saturated carbocycles. The Labute approximate surface area is 131 Å². The number of aliphatic hydroxyl groups excluding tert-OH is 1. The Morgan fingerprint density at radius 1 is 1.57 bits per heavy atom. The lowest BCUT2D eigenvalue weighted by Gasteiger charge is -2.28. The molecule has 1 heterocycles. The fraction of sp³-hybridized carbons (Fsp3) is 0.538. The molecule has 0 aliphatic carbocycles. The van der Waals surface area contributed by atoms with E-state index in [0.717, 1.165) is 0 Å². The van der Waals surface area contributed by atoms with E-state index in [1.165, 1.54) is 12.1 Å². The molecule has 1 aliphatic heterocycles. The molecule has 1 saturated heterocycles. The molecular weight excluding hydrogens is 365 g/mol. The summed E-state index contributed by atoms with van der Waals surface area (Å²) in [6.07, 6.45) is 0.204. The second-order valence-electron chi connectivity index (χ2n) is 5.32. The van der Waals surface area contributed by atoms with Crippen LogP contribution in [0, 0.1) is 5.82 Å². The van der Waals surface area contributed by atoms with Gasteiger partial charge in [0, 0.05) is 16.6 Å². The zero-order valence-corrected chi connectivity index (χ0v) is 14.1. The summed E-state index contributed by atoms with van der Waals surface area (Å²) >= 11 is 3.12. The van der Waals surface area contributed by atoms with Crippen LogP contribution in [0.15, 0.2) is 21.5 Å². The normalized spacial score (nSPS) is 26.2. The first-order valence-electron chi connectivity index (χ1n) is 6.44. The van der Waals surface area contributed by atoms with Gasteiger partial charge in [0.05, 0.1) is 18.2 Å². The van der Waals surface area contributed by atoms with Crippen LogP contribution < -0.4 is 4.72 Å². The number of benzene rings is 1. The second kappa shape index (κ2) is 5.92. The number of nitrogens with one attached hydrogen (secondary N) is 1. The van der Waals surface area contributed by atoms with E-state index in [9.17, 15) is 12.8 Å². The molecule has 8 heteroatoms. The number of hydrogen-bond acceptors (Lipinski definition) is 4. The highest BCUT2D eigenvalue weighted by molar-refractivity contribution is 9.10. The number of rotatable bonds is 4. The highest BCUT2D eigenvalue weighted by atomic mass is 79.9. The second-order valence-corrected chi connectivity index (χ2v) is 7.89. The van der Waals surface area contributed by atoms with Gasteiger partial charge >= 0.3 is 0 Å². The largest absolute Gasteiger partial charge is 0.392 e. The molecule has 118 valence electrons. The van der Waals surface area contributed by atoms with Crippen LogP contribution in [0.5, 0.6) is 0 Å². The van der Waals surface area contributed by atoms with Gasteiger partial charge in [0.15, 0.2) is 0 Å². The molecule has 1 aliphatic rings. The summed E-state index contributed by atoms with van der Waals surface area (Å²) in [7, 11) is -4.07. The Balaban J connectivity index is 2.43. The van der Waals surface area contributed by atoms with Gasteiger partial charge < -0.3 is 9.84 Å². The molecule has 0 aromatic heterocycles. The molecule has 2 unspecified atom stereocenters. The fourth-order valence-corrected chi connectivity index (χ4v) is 4.56. The zero-order chi connectivity index (χ0) is 15.8. The maximum atomic E-state index is 14.2. The van der Waals surface area contributed by atoms with Crippen LogP contribution in [0.4, 0.5) is 4.39 Å². The molecule has 2 rings (SSSR count). The molecule has 5 nitrogen and oxygen atoms in total. The van der Waals surface area contributed by atoms with E-state index in [2.05, 4.69) is 20.7 Å². The minimum Gasteiger partial charge on any atom is -0.392 e. The number of ether oxygens (including phenoxy) is 1. The maximum absolute atomic E-state index is 14.2. The van der Waals surface area contributed by atoms with Crippen molar-refractivity contribution in [3.63, 3.8) is 0 Å². The highest BCUT2D eigenvalue weighted by Gasteiger charge is 2.41. The predicted octanol–water partition coefficient (Wildman–Crippen LogP) is 1.93. The number of aliphatic hydroxyl groups is 1. The van der Waals surface area contributed by atoms with Gasteiger partial charge in [0.2, 0.25) is 10.0 Å². The van der Waals surface area contributed by atoms with Crippen molar-refractivity contribution in [1.29, 1.82) is 0 Å². The molecule has 2 atom stereocenters. The Kier molecular flexibility index (Phi) is 4.75. The van der Waals surface area contributed by atoms with Crippen molar-refractivity contribution in [2.45, 2.75) is 43.4 Å². The van der Waals surface area contributed by atoms with Gasteiger partial charge in [-0.15, -0.1) is 0 Å². The molecule has 0 radical (unpaired) electrons. The van der Waals surface area contributed by atoms with Crippen molar-refractivity contribution in [1.82, 2.24) is 4.72 Å². The van der Waals surface area contributed by atoms with Crippen LogP contribution in [0.25, 0.3) is 0 Å². The minimum atomic E-state index is -4.07. The summed E-state index contributed by atoms with van der Waals surface area (Å²) < 4.78 is 47.4. The van der Waals surface area contributed by atoms with E-state index >= 15 is 0 Å². The van der Waals surface area contributed by atoms with Crippen molar-refractivity contribution in [3.8, 4) is 0 Å². The van der Waals surface area contributed by atoms with E-state index < -0.39 is 32.9 Å². The van der Waals surface area contributed by atoms with Crippen LogP contribution >= 0.6 is 15.9 Å². The molecular formula is C13H17BrFNO4S. The van der Waals surface area contributed by atoms with Crippen molar-refractivity contribution in [3.05, 3.63) is 28.0 Å². The first-order chi connectivity index (χ1) is 9.69. The van der Waals surface area contributed by atoms with Crippen molar-refractivity contribution >= 4 is 26.0 Å².